The lowest BCUT2D eigenvalue weighted by atomic mass is 9.77. The quantitative estimate of drug-likeness (QED) is 0.414. The van der Waals surface area contributed by atoms with Crippen molar-refractivity contribution < 1.29 is 9.53 Å². The van der Waals surface area contributed by atoms with E-state index in [0.29, 0.717) is 5.88 Å². The summed E-state index contributed by atoms with van der Waals surface area (Å²) in [6.07, 6.45) is 2.75. The Morgan fingerprint density at radius 3 is 2.76 bits per heavy atom. The van der Waals surface area contributed by atoms with E-state index >= 15 is 0 Å². The molecule has 0 amide bonds. The van der Waals surface area contributed by atoms with Gasteiger partial charge in [0.2, 0.25) is 0 Å². The lowest BCUT2D eigenvalue weighted by molar-refractivity contribution is -0.145. The minimum Gasteiger partial charge on any atom is -0.458 e. The fourth-order valence-electron chi connectivity index (χ4n) is 1.94. The first-order valence-corrected chi connectivity index (χ1v) is 7.88. The van der Waals surface area contributed by atoms with Crippen LogP contribution in [0.4, 0.5) is 0 Å². The summed E-state index contributed by atoms with van der Waals surface area (Å²) in [6.45, 7) is 5.75. The molecule has 17 heavy (non-hydrogen) atoms. The van der Waals surface area contributed by atoms with E-state index in [1.807, 2.05) is 0 Å². The molecule has 0 fully saturated rings. The maximum absolute atomic E-state index is 11.1. The average Bonchev–Trinajstić information content (AvgIpc) is 2.21. The molecule has 0 aromatic carbocycles. The zero-order valence-corrected chi connectivity index (χ0v) is 14.1. The minimum atomic E-state index is -0.255. The van der Waals surface area contributed by atoms with Gasteiger partial charge in [0, 0.05) is 24.1 Å². The van der Waals surface area contributed by atoms with Gasteiger partial charge in [-0.05, 0) is 11.0 Å². The van der Waals surface area contributed by atoms with Crippen LogP contribution >= 0.6 is 43.5 Å². The minimum absolute atomic E-state index is 0.0318. The highest BCUT2D eigenvalue weighted by molar-refractivity contribution is 9.09. The standard InChI is InChI=1S/C12H17Br2ClO2/c1-7(16)17-10-4-11(14)12(2,3)5-8(10)9(13)6-15/h5,9-11H,4,6H2,1-3H3/t9-,10-,11-/m1/s1. The van der Waals surface area contributed by atoms with Crippen LogP contribution in [0.2, 0.25) is 0 Å². The Labute approximate surface area is 124 Å². The Bertz CT molecular complexity index is 328. The van der Waals surface area contributed by atoms with Crippen LogP contribution in [-0.4, -0.2) is 27.6 Å². The fraction of sp³-hybridized carbons (Fsp3) is 0.750. The maximum atomic E-state index is 11.1. The normalized spacial score (nSPS) is 29.4. The smallest absolute Gasteiger partial charge is 0.303 e. The van der Waals surface area contributed by atoms with Crippen LogP contribution in [0.15, 0.2) is 11.6 Å². The molecule has 0 bridgehead atoms. The van der Waals surface area contributed by atoms with E-state index in [2.05, 4.69) is 51.8 Å². The highest BCUT2D eigenvalue weighted by Crippen LogP contribution is 2.41. The van der Waals surface area contributed by atoms with E-state index in [4.69, 9.17) is 16.3 Å². The van der Waals surface area contributed by atoms with Crippen LogP contribution in [-0.2, 0) is 9.53 Å². The lowest BCUT2D eigenvalue weighted by Crippen LogP contribution is -2.38. The second-order valence-electron chi connectivity index (χ2n) is 4.89. The van der Waals surface area contributed by atoms with Crippen LogP contribution in [0.1, 0.15) is 27.2 Å². The van der Waals surface area contributed by atoms with Gasteiger partial charge in [-0.1, -0.05) is 51.8 Å². The number of hydrogen-bond donors (Lipinski definition) is 0. The molecule has 3 atom stereocenters. The number of halogens is 3. The number of carbonyl (C=O) groups is 1. The first kappa shape index (κ1) is 15.5. The number of alkyl halides is 3. The molecule has 0 spiro atoms. The number of esters is 1. The molecule has 0 aromatic rings. The van der Waals surface area contributed by atoms with Gasteiger partial charge in [0.05, 0.1) is 4.83 Å². The Morgan fingerprint density at radius 1 is 1.71 bits per heavy atom. The Kier molecular flexibility index (Phi) is 5.54. The van der Waals surface area contributed by atoms with Gasteiger partial charge in [-0.2, -0.15) is 0 Å². The predicted molar refractivity (Wildman–Crippen MR) is 78.2 cm³/mol. The highest BCUT2D eigenvalue weighted by Gasteiger charge is 2.38. The highest BCUT2D eigenvalue weighted by atomic mass is 79.9. The SMILES string of the molecule is CC(=O)O[C@@H]1C[C@@H](Br)C(C)(C)C=C1[C@H](Br)CCl. The molecule has 1 aliphatic carbocycles. The molecule has 0 saturated heterocycles. The first-order chi connectivity index (χ1) is 7.77. The number of ether oxygens (including phenoxy) is 1. The number of hydrogen-bond acceptors (Lipinski definition) is 2. The largest absolute Gasteiger partial charge is 0.458 e. The van der Waals surface area contributed by atoms with Crippen LogP contribution in [0.3, 0.4) is 0 Å². The molecule has 1 rings (SSSR count). The molecule has 1 aliphatic rings. The van der Waals surface area contributed by atoms with Gasteiger partial charge in [-0.15, -0.1) is 11.6 Å². The molecular weight excluding hydrogens is 371 g/mol. The van der Waals surface area contributed by atoms with Crippen molar-refractivity contribution >= 4 is 49.4 Å². The van der Waals surface area contributed by atoms with Crippen LogP contribution in [0, 0.1) is 5.41 Å². The van der Waals surface area contributed by atoms with Crippen molar-refractivity contribution in [2.24, 2.45) is 5.41 Å². The first-order valence-electron chi connectivity index (χ1n) is 5.52. The summed E-state index contributed by atoms with van der Waals surface area (Å²) >= 11 is 13.1. The number of allylic oxidation sites excluding steroid dienone is 1. The lowest BCUT2D eigenvalue weighted by Gasteiger charge is -2.38. The molecular formula is C12H17Br2ClO2. The topological polar surface area (TPSA) is 26.3 Å². The molecule has 0 aromatic heterocycles. The van der Waals surface area contributed by atoms with Crippen molar-refractivity contribution in [3.63, 3.8) is 0 Å². The third-order valence-corrected chi connectivity index (χ3v) is 6.03. The van der Waals surface area contributed by atoms with Crippen molar-refractivity contribution in [3.05, 3.63) is 11.6 Å². The van der Waals surface area contributed by atoms with Gasteiger partial charge in [-0.3, -0.25) is 4.79 Å². The van der Waals surface area contributed by atoms with Gasteiger partial charge in [0.15, 0.2) is 0 Å². The van der Waals surface area contributed by atoms with Crippen LogP contribution < -0.4 is 0 Å². The van der Waals surface area contributed by atoms with E-state index in [0.717, 1.165) is 12.0 Å². The summed E-state index contributed by atoms with van der Waals surface area (Å²) in [4.78, 5) is 11.5. The fourth-order valence-corrected chi connectivity index (χ4v) is 3.02. The van der Waals surface area contributed by atoms with E-state index in [9.17, 15) is 4.79 Å². The molecule has 0 unspecified atom stereocenters. The summed E-state index contributed by atoms with van der Waals surface area (Å²) in [5.41, 5.74) is 1.10. The van der Waals surface area contributed by atoms with Crippen molar-refractivity contribution in [2.45, 2.75) is 43.0 Å². The van der Waals surface area contributed by atoms with E-state index in [1.165, 1.54) is 6.92 Å². The predicted octanol–water partition coefficient (Wildman–Crippen LogP) is 4.04. The van der Waals surface area contributed by atoms with Gasteiger partial charge in [0.1, 0.15) is 6.10 Å². The van der Waals surface area contributed by atoms with Gasteiger partial charge < -0.3 is 4.74 Å². The van der Waals surface area contributed by atoms with E-state index in [-0.39, 0.29) is 27.1 Å². The molecule has 0 aliphatic heterocycles. The van der Waals surface area contributed by atoms with E-state index < -0.39 is 0 Å². The Hall–Kier alpha value is 0.460. The van der Waals surface area contributed by atoms with Crippen LogP contribution in [0.5, 0.6) is 0 Å². The summed E-state index contributed by atoms with van der Waals surface area (Å²) in [5, 5.41) is 0. The van der Waals surface area contributed by atoms with E-state index in [1.54, 1.807) is 0 Å². The molecule has 0 N–H and O–H groups in total. The summed E-state index contributed by atoms with van der Waals surface area (Å²) in [5.74, 6) is 0.210. The second-order valence-corrected chi connectivity index (χ2v) is 7.41. The van der Waals surface area contributed by atoms with Crippen molar-refractivity contribution in [1.82, 2.24) is 0 Å². The monoisotopic (exact) mass is 386 g/mol. The Balaban J connectivity index is 3.00. The average molecular weight is 389 g/mol. The third-order valence-electron chi connectivity index (χ3n) is 2.94. The zero-order chi connectivity index (χ0) is 13.2. The number of carbonyl (C=O) groups excluding carboxylic acids is 1. The van der Waals surface area contributed by atoms with Gasteiger partial charge >= 0.3 is 5.97 Å². The zero-order valence-electron chi connectivity index (χ0n) is 10.2. The summed E-state index contributed by atoms with van der Waals surface area (Å²) in [7, 11) is 0. The molecule has 2 nitrogen and oxygen atoms in total. The number of rotatable bonds is 3. The summed E-state index contributed by atoms with van der Waals surface area (Å²) < 4.78 is 5.36. The van der Waals surface area contributed by atoms with Crippen molar-refractivity contribution in [1.29, 1.82) is 0 Å². The van der Waals surface area contributed by atoms with Gasteiger partial charge in [0.25, 0.3) is 0 Å². The van der Waals surface area contributed by atoms with Gasteiger partial charge in [-0.25, -0.2) is 0 Å². The molecule has 0 saturated carbocycles. The van der Waals surface area contributed by atoms with Crippen LogP contribution in [0.25, 0.3) is 0 Å². The molecule has 5 heteroatoms. The maximum Gasteiger partial charge on any atom is 0.303 e. The summed E-state index contributed by atoms with van der Waals surface area (Å²) in [6, 6.07) is 0. The second kappa shape index (κ2) is 6.07. The van der Waals surface area contributed by atoms with Crippen molar-refractivity contribution in [3.8, 4) is 0 Å². The molecule has 0 radical (unpaired) electrons. The van der Waals surface area contributed by atoms with Crippen molar-refractivity contribution in [2.75, 3.05) is 5.88 Å². The molecule has 0 heterocycles. The third kappa shape index (κ3) is 3.97. The molecule has 98 valence electrons. The Morgan fingerprint density at radius 2 is 2.29 bits per heavy atom.